The van der Waals surface area contributed by atoms with Crippen molar-refractivity contribution < 1.29 is 9.90 Å². The molecule has 2 nitrogen and oxygen atoms in total. The molecule has 2 aromatic rings. The van der Waals surface area contributed by atoms with Gasteiger partial charge < -0.3 is 5.11 Å². The van der Waals surface area contributed by atoms with Crippen molar-refractivity contribution in [3.8, 4) is 0 Å². The summed E-state index contributed by atoms with van der Waals surface area (Å²) in [5.74, 6) is -0.821. The van der Waals surface area contributed by atoms with Crippen LogP contribution in [0.3, 0.4) is 0 Å². The van der Waals surface area contributed by atoms with Gasteiger partial charge in [0.25, 0.3) is 0 Å². The van der Waals surface area contributed by atoms with Crippen LogP contribution in [0.15, 0.2) is 60.7 Å². The van der Waals surface area contributed by atoms with Crippen LogP contribution in [0.2, 0.25) is 0 Å². The summed E-state index contributed by atoms with van der Waals surface area (Å²) in [4.78, 5) is 9.97. The summed E-state index contributed by atoms with van der Waals surface area (Å²) in [5, 5.41) is 8.60. The summed E-state index contributed by atoms with van der Waals surface area (Å²) in [5.41, 5.74) is 2.35. The minimum absolute atomic E-state index is 0.486. The third-order valence-electron chi connectivity index (χ3n) is 2.47. The van der Waals surface area contributed by atoms with E-state index in [0.29, 0.717) is 6.42 Å². The molecule has 0 bridgehead atoms. The number of alkyl halides is 1. The first-order valence-electron chi connectivity index (χ1n) is 6.02. The first-order valence-corrected chi connectivity index (χ1v) is 6.93. The average molecular weight is 321 g/mol. The van der Waals surface area contributed by atoms with Crippen molar-refractivity contribution in [1.82, 2.24) is 0 Å². The van der Waals surface area contributed by atoms with E-state index in [-0.39, 0.29) is 0 Å². The summed E-state index contributed by atoms with van der Waals surface area (Å²) >= 11 is 3.08. The Balaban J connectivity index is 0.000000218. The van der Waals surface area contributed by atoms with Crippen molar-refractivity contribution in [3.05, 3.63) is 71.8 Å². The number of hydrogen-bond donors (Lipinski definition) is 1. The van der Waals surface area contributed by atoms with E-state index in [9.17, 15) is 4.79 Å². The highest BCUT2D eigenvalue weighted by Gasteiger charge is 2.12. The number of carboxylic acids is 1. The van der Waals surface area contributed by atoms with Crippen LogP contribution in [0, 0.1) is 6.92 Å². The molecule has 0 aromatic heterocycles. The number of halogens is 1. The second-order valence-electron chi connectivity index (χ2n) is 4.15. The molecule has 19 heavy (non-hydrogen) atoms. The zero-order valence-electron chi connectivity index (χ0n) is 10.8. The molecule has 0 amide bonds. The maximum atomic E-state index is 10.5. The van der Waals surface area contributed by atoms with Crippen LogP contribution in [0.5, 0.6) is 0 Å². The van der Waals surface area contributed by atoms with Crippen molar-refractivity contribution in [2.75, 3.05) is 0 Å². The number of carboxylic acid groups (broad SMARTS) is 1. The molecule has 1 N–H and O–H groups in total. The van der Waals surface area contributed by atoms with Gasteiger partial charge in [0, 0.05) is 0 Å². The van der Waals surface area contributed by atoms with E-state index in [4.69, 9.17) is 5.11 Å². The molecular formula is C16H17BrO2. The van der Waals surface area contributed by atoms with Gasteiger partial charge in [0.05, 0.1) is 0 Å². The van der Waals surface area contributed by atoms with Gasteiger partial charge in [-0.2, -0.15) is 0 Å². The van der Waals surface area contributed by atoms with Gasteiger partial charge in [-0.05, 0) is 18.9 Å². The van der Waals surface area contributed by atoms with Crippen LogP contribution in [0.25, 0.3) is 0 Å². The number of rotatable bonds is 3. The molecule has 2 rings (SSSR count). The molecule has 0 aliphatic carbocycles. The first-order chi connectivity index (χ1) is 9.09. The van der Waals surface area contributed by atoms with Gasteiger partial charge in [-0.15, -0.1) is 0 Å². The van der Waals surface area contributed by atoms with E-state index in [1.54, 1.807) is 0 Å². The highest BCUT2D eigenvalue weighted by atomic mass is 79.9. The zero-order valence-corrected chi connectivity index (χ0v) is 12.4. The van der Waals surface area contributed by atoms with Crippen molar-refractivity contribution in [1.29, 1.82) is 0 Å². The molecule has 0 fully saturated rings. The third kappa shape index (κ3) is 6.77. The molecule has 0 aliphatic rings. The molecule has 1 unspecified atom stereocenters. The summed E-state index contributed by atoms with van der Waals surface area (Å²) in [6.07, 6.45) is 0.524. The number of aliphatic carboxylic acids is 1. The van der Waals surface area contributed by atoms with Crippen molar-refractivity contribution in [3.63, 3.8) is 0 Å². The number of carbonyl (C=O) groups is 1. The number of hydrogen-bond acceptors (Lipinski definition) is 1. The highest BCUT2D eigenvalue weighted by Crippen LogP contribution is 2.09. The lowest BCUT2D eigenvalue weighted by Crippen LogP contribution is -2.15. The summed E-state index contributed by atoms with van der Waals surface area (Å²) in [6.45, 7) is 2.08. The fraction of sp³-hybridized carbons (Fsp3) is 0.188. The fourth-order valence-electron chi connectivity index (χ4n) is 1.44. The molecule has 0 saturated heterocycles. The minimum atomic E-state index is -0.821. The van der Waals surface area contributed by atoms with Crippen molar-refractivity contribution in [2.24, 2.45) is 0 Å². The zero-order chi connectivity index (χ0) is 14.1. The number of aryl methyl sites for hydroxylation is 1. The maximum Gasteiger partial charge on any atom is 0.317 e. The van der Waals surface area contributed by atoms with Gasteiger partial charge in [-0.25, -0.2) is 0 Å². The largest absolute Gasteiger partial charge is 0.480 e. The maximum absolute atomic E-state index is 10.5. The number of benzene rings is 2. The van der Waals surface area contributed by atoms with Crippen LogP contribution >= 0.6 is 15.9 Å². The smallest absolute Gasteiger partial charge is 0.317 e. The Bertz CT molecular complexity index is 483. The molecule has 0 heterocycles. The van der Waals surface area contributed by atoms with Crippen molar-refractivity contribution in [2.45, 2.75) is 18.2 Å². The van der Waals surface area contributed by atoms with Gasteiger partial charge in [0.2, 0.25) is 0 Å². The lowest BCUT2D eigenvalue weighted by Gasteiger charge is -2.03. The monoisotopic (exact) mass is 320 g/mol. The Kier molecular flexibility index (Phi) is 6.90. The van der Waals surface area contributed by atoms with Crippen LogP contribution < -0.4 is 0 Å². The molecule has 100 valence electrons. The first kappa shape index (κ1) is 15.4. The Labute approximate surface area is 122 Å². The van der Waals surface area contributed by atoms with Gasteiger partial charge >= 0.3 is 5.97 Å². The Morgan fingerprint density at radius 3 is 1.89 bits per heavy atom. The van der Waals surface area contributed by atoms with Crippen LogP contribution in [0.1, 0.15) is 11.1 Å². The predicted molar refractivity (Wildman–Crippen MR) is 81.7 cm³/mol. The van der Waals surface area contributed by atoms with Crippen LogP contribution in [0.4, 0.5) is 0 Å². The van der Waals surface area contributed by atoms with E-state index >= 15 is 0 Å². The quantitative estimate of drug-likeness (QED) is 0.865. The lowest BCUT2D eigenvalue weighted by atomic mass is 10.1. The van der Waals surface area contributed by atoms with Gasteiger partial charge in [0.15, 0.2) is 0 Å². The molecule has 0 spiro atoms. The van der Waals surface area contributed by atoms with E-state index in [0.717, 1.165) is 5.56 Å². The summed E-state index contributed by atoms with van der Waals surface area (Å²) in [7, 11) is 0. The van der Waals surface area contributed by atoms with Gasteiger partial charge in [0.1, 0.15) is 4.83 Å². The molecule has 0 aliphatic heterocycles. The molecule has 3 heteroatoms. The Hall–Kier alpha value is -1.61. The van der Waals surface area contributed by atoms with Crippen LogP contribution in [-0.2, 0) is 11.2 Å². The average Bonchev–Trinajstić information content (AvgIpc) is 2.41. The SMILES string of the molecule is Cc1ccccc1.O=C(O)C(Br)Cc1ccccc1. The van der Waals surface area contributed by atoms with Gasteiger partial charge in [-0.1, -0.05) is 82.2 Å². The van der Waals surface area contributed by atoms with Crippen molar-refractivity contribution >= 4 is 21.9 Å². The molecule has 0 radical (unpaired) electrons. The third-order valence-corrected chi connectivity index (χ3v) is 3.18. The van der Waals surface area contributed by atoms with E-state index in [2.05, 4.69) is 35.0 Å². The standard InChI is InChI=1S/C9H9BrO2.C7H8/c10-8(9(11)12)6-7-4-2-1-3-5-7;1-7-5-3-2-4-6-7/h1-5,8H,6H2,(H,11,12);2-6H,1H3. The topological polar surface area (TPSA) is 37.3 Å². The summed E-state index contributed by atoms with van der Waals surface area (Å²) in [6, 6.07) is 19.8. The predicted octanol–water partition coefficient (Wildman–Crippen LogP) is 4.07. The molecule has 0 saturated carbocycles. The second kappa shape index (κ2) is 8.48. The normalized spacial score (nSPS) is 11.1. The van der Waals surface area contributed by atoms with E-state index < -0.39 is 10.8 Å². The lowest BCUT2D eigenvalue weighted by molar-refractivity contribution is -0.136. The highest BCUT2D eigenvalue weighted by molar-refractivity contribution is 9.10. The summed E-state index contributed by atoms with van der Waals surface area (Å²) < 4.78 is 0. The van der Waals surface area contributed by atoms with E-state index in [1.807, 2.05) is 48.5 Å². The molecular weight excluding hydrogens is 304 g/mol. The van der Waals surface area contributed by atoms with Crippen LogP contribution in [-0.4, -0.2) is 15.9 Å². The minimum Gasteiger partial charge on any atom is -0.480 e. The Morgan fingerprint density at radius 2 is 1.53 bits per heavy atom. The van der Waals surface area contributed by atoms with Gasteiger partial charge in [-0.3, -0.25) is 4.79 Å². The second-order valence-corrected chi connectivity index (χ2v) is 5.26. The van der Waals surface area contributed by atoms with E-state index in [1.165, 1.54) is 5.56 Å². The molecule has 2 aromatic carbocycles. The Morgan fingerprint density at radius 1 is 1.05 bits per heavy atom. The fourth-order valence-corrected chi connectivity index (χ4v) is 1.82. The molecule has 1 atom stereocenters.